The number of aliphatic hydroxyl groups is 4. The van der Waals surface area contributed by atoms with Gasteiger partial charge < -0.3 is 126 Å². The molecular weight excluding hydrogens is 1120 g/mol. The van der Waals surface area contributed by atoms with Gasteiger partial charge in [-0.2, -0.15) is 0 Å². The van der Waals surface area contributed by atoms with Gasteiger partial charge in [0.2, 0.25) is 41.1 Å². The minimum Gasteiger partial charge on any atom is -0.478 e. The summed E-state index contributed by atoms with van der Waals surface area (Å²) in [5.74, 6) is -5.58. The van der Waals surface area contributed by atoms with Crippen LogP contribution in [-0.2, 0) is 80.9 Å². The lowest BCUT2D eigenvalue weighted by molar-refractivity contribution is -0.169. The van der Waals surface area contributed by atoms with E-state index < -0.39 is 158 Å². The van der Waals surface area contributed by atoms with Gasteiger partial charge in [-0.05, 0) is 12.2 Å². The van der Waals surface area contributed by atoms with Crippen molar-refractivity contribution in [3.8, 4) is 12.3 Å². The quantitative estimate of drug-likeness (QED) is 0.0118. The normalized spacial score (nSPS) is 21.9. The largest absolute Gasteiger partial charge is 0.478 e. The lowest BCUT2D eigenvalue weighted by Gasteiger charge is -2.42. The first-order valence-electron chi connectivity index (χ1n) is 26.6. The number of likely N-dealkylation sites (tertiary alicyclic amines) is 2. The first-order valence-corrected chi connectivity index (χ1v) is 26.6. The number of nitrogens with zero attached hydrogens (tertiary/aromatic N) is 5. The maximum atomic E-state index is 13.6. The molecule has 34 nitrogen and oxygen atoms in total. The molecule has 472 valence electrons. The summed E-state index contributed by atoms with van der Waals surface area (Å²) in [6.45, 7) is 1.82. The number of carbonyl (C=O) groups excluding carboxylic acids is 5. The van der Waals surface area contributed by atoms with Crippen LogP contribution in [0.5, 0.6) is 0 Å². The molecule has 0 aliphatic carbocycles. The van der Waals surface area contributed by atoms with Gasteiger partial charge in [-0.25, -0.2) is 19.6 Å². The number of carboxylic acids is 2. The highest BCUT2D eigenvalue weighted by molar-refractivity contribution is 5.86. The molecule has 10 atom stereocenters. The number of rotatable bonds is 39. The molecule has 2 fully saturated rings. The lowest BCUT2D eigenvalue weighted by Crippen LogP contribution is -2.61. The summed E-state index contributed by atoms with van der Waals surface area (Å²) >= 11 is 0. The number of carbonyl (C=O) groups is 7. The second-order valence-corrected chi connectivity index (χ2v) is 19.2. The number of guanidine groups is 2. The number of terminal acetylenes is 1. The molecule has 0 aromatic heterocycles. The third-order valence-corrected chi connectivity index (χ3v) is 12.9. The first-order chi connectivity index (χ1) is 40.1. The third-order valence-electron chi connectivity index (χ3n) is 12.9. The number of hydrogen-bond donors (Lipinski definition) is 12. The molecule has 5 amide bonds. The van der Waals surface area contributed by atoms with E-state index in [0.29, 0.717) is 26.4 Å². The van der Waals surface area contributed by atoms with Crippen LogP contribution >= 0.6 is 0 Å². The minimum atomic E-state index is -1.74. The number of nitrogens with two attached hydrogens (primary N) is 4. The highest BCUT2D eigenvalue weighted by atomic mass is 16.6. The Kier molecular flexibility index (Phi) is 29.8. The zero-order chi connectivity index (χ0) is 61.9. The van der Waals surface area contributed by atoms with Crippen molar-refractivity contribution in [1.82, 2.24) is 25.3 Å². The van der Waals surface area contributed by atoms with E-state index in [-0.39, 0.29) is 91.2 Å². The Morgan fingerprint density at radius 3 is 1.38 bits per heavy atom. The summed E-state index contributed by atoms with van der Waals surface area (Å²) in [6, 6.07) is -4.87. The molecule has 4 aliphatic rings. The molecule has 0 aromatic rings. The lowest BCUT2D eigenvalue weighted by atomic mass is 9.92. The Morgan fingerprint density at radius 2 is 1.04 bits per heavy atom. The first kappa shape index (κ1) is 69.5. The zero-order valence-electron chi connectivity index (χ0n) is 46.7. The summed E-state index contributed by atoms with van der Waals surface area (Å²) in [7, 11) is 0. The van der Waals surface area contributed by atoms with Gasteiger partial charge in [0.05, 0.1) is 115 Å². The molecule has 0 aromatic carbocycles. The summed E-state index contributed by atoms with van der Waals surface area (Å²) in [5.41, 5.74) is 22.3. The Morgan fingerprint density at radius 1 is 0.655 bits per heavy atom. The van der Waals surface area contributed by atoms with Crippen LogP contribution in [0.25, 0.3) is 0 Å². The predicted octanol–water partition coefficient (Wildman–Crippen LogP) is -8.14. The van der Waals surface area contributed by atoms with Crippen LogP contribution < -0.4 is 33.6 Å². The van der Waals surface area contributed by atoms with E-state index in [0.717, 1.165) is 26.0 Å². The smallest absolute Gasteiger partial charge is 0.370 e. The minimum absolute atomic E-state index is 0.0171. The molecule has 0 bridgehead atoms. The van der Waals surface area contributed by atoms with Crippen LogP contribution in [0, 0.1) is 12.3 Å². The van der Waals surface area contributed by atoms with Crippen molar-refractivity contribution in [2.24, 2.45) is 32.9 Å². The van der Waals surface area contributed by atoms with Crippen LogP contribution in [0.2, 0.25) is 0 Å². The number of hydrogen-bond acceptors (Lipinski definition) is 23. The summed E-state index contributed by atoms with van der Waals surface area (Å²) in [6.07, 6.45) is -3.41. The van der Waals surface area contributed by atoms with Crippen molar-refractivity contribution in [2.75, 3.05) is 132 Å². The van der Waals surface area contributed by atoms with E-state index in [2.05, 4.69) is 26.5 Å². The van der Waals surface area contributed by atoms with E-state index in [9.17, 15) is 64.2 Å². The van der Waals surface area contributed by atoms with Crippen LogP contribution in [-0.4, -0.2) is 303 Å². The number of aliphatic carboxylic acids is 2. The molecule has 84 heavy (non-hydrogen) atoms. The Hall–Kier alpha value is -7.01. The molecule has 16 N–H and O–H groups in total. The van der Waals surface area contributed by atoms with Gasteiger partial charge in [0.1, 0.15) is 44.2 Å². The van der Waals surface area contributed by atoms with Crippen LogP contribution in [0.1, 0.15) is 20.3 Å². The van der Waals surface area contributed by atoms with Crippen molar-refractivity contribution in [3.63, 3.8) is 0 Å². The van der Waals surface area contributed by atoms with Gasteiger partial charge in [0, 0.05) is 53.1 Å². The second-order valence-electron chi connectivity index (χ2n) is 19.2. The number of ether oxygens (including phenoxy) is 10. The monoisotopic (exact) mass is 1200 g/mol. The van der Waals surface area contributed by atoms with Crippen LogP contribution in [0.15, 0.2) is 33.7 Å². The fourth-order valence-corrected chi connectivity index (χ4v) is 8.79. The predicted molar refractivity (Wildman–Crippen MR) is 287 cm³/mol. The Bertz CT molecular complexity index is 2210. The molecule has 0 saturated carbocycles. The average molecular weight is 1200 g/mol. The number of amides is 5. The molecule has 2 saturated heterocycles. The van der Waals surface area contributed by atoms with Gasteiger partial charge in [-0.3, -0.25) is 24.0 Å². The van der Waals surface area contributed by atoms with Gasteiger partial charge in [-0.15, -0.1) is 6.42 Å². The van der Waals surface area contributed by atoms with Gasteiger partial charge >= 0.3 is 11.9 Å². The van der Waals surface area contributed by atoms with E-state index in [1.54, 1.807) is 0 Å². The number of nitrogens with one attached hydrogen (secondary N) is 2. The van der Waals surface area contributed by atoms with E-state index in [1.165, 1.54) is 14.7 Å². The van der Waals surface area contributed by atoms with E-state index in [4.69, 9.17) is 76.7 Å². The molecule has 4 heterocycles. The summed E-state index contributed by atoms with van der Waals surface area (Å²) in [4.78, 5) is 101. The summed E-state index contributed by atoms with van der Waals surface area (Å²) < 4.78 is 56.4. The molecule has 0 radical (unpaired) electrons. The Labute approximate surface area is 483 Å². The molecule has 0 spiro atoms. The van der Waals surface area contributed by atoms with E-state index >= 15 is 0 Å². The maximum absolute atomic E-state index is 13.6. The van der Waals surface area contributed by atoms with Gasteiger partial charge in [-0.1, -0.05) is 5.92 Å². The molecule has 0 unspecified atom stereocenters. The number of carboxylic acid groups (broad SMARTS) is 2. The van der Waals surface area contributed by atoms with Gasteiger partial charge in [0.15, 0.2) is 24.1 Å². The SMILES string of the molecule is C#CCOCCOCCOCCOCCC(=O)N(CCOC1CN(C(=O)CO[C@@H]([C@@H]2OC(C(=O)O)=C[C@H](N=C(N)N)[C@H]2NC(C)=O)[C@H](O)CO)C1)CCOC1CN(C(=O)CO[C@@H]([C@@H]2OC(C(=O)O)=C[C@H](N=C(N)N)[C@H]2NC(C)=O)[C@H](O)CO)C1. The maximum Gasteiger partial charge on any atom is 0.370 e. The molecule has 4 aliphatic heterocycles. The third kappa shape index (κ3) is 22.9. The van der Waals surface area contributed by atoms with Crippen LogP contribution in [0.3, 0.4) is 0 Å². The van der Waals surface area contributed by atoms with Crippen molar-refractivity contribution in [1.29, 1.82) is 0 Å². The summed E-state index contributed by atoms with van der Waals surface area (Å²) in [5, 5.41) is 66.0. The fourth-order valence-electron chi connectivity index (χ4n) is 8.79. The van der Waals surface area contributed by atoms with Gasteiger partial charge in [0.25, 0.3) is 0 Å². The van der Waals surface area contributed by atoms with Crippen LogP contribution in [0.4, 0.5) is 0 Å². The van der Waals surface area contributed by atoms with Crippen molar-refractivity contribution >= 4 is 53.4 Å². The van der Waals surface area contributed by atoms with Crippen molar-refractivity contribution in [2.45, 2.75) is 93.3 Å². The zero-order valence-corrected chi connectivity index (χ0v) is 46.7. The topological polar surface area (TPSA) is 496 Å². The van der Waals surface area contributed by atoms with Crippen molar-refractivity contribution in [3.05, 3.63) is 23.7 Å². The van der Waals surface area contributed by atoms with E-state index in [1.807, 2.05) is 0 Å². The molecule has 34 heteroatoms. The number of aliphatic imine (C=N–C) groups is 2. The molecular formula is C50H79N11O23. The highest BCUT2D eigenvalue weighted by Gasteiger charge is 2.48. The average Bonchev–Trinajstić information content (AvgIpc) is 2.79. The van der Waals surface area contributed by atoms with Crippen molar-refractivity contribution < 1.29 is 112 Å². The molecule has 4 rings (SSSR count). The number of aliphatic hydroxyl groups excluding tert-OH is 4. The fraction of sp³-hybridized carbons (Fsp3) is 0.700. The standard InChI is InChI=1S/C50H79N11O23/c1-4-8-75-12-14-77-16-17-78-15-13-76-9-5-38(68)59(6-10-79-30-20-60(21-30)39(69)26-81-43(34(66)24-62)45-41(55-28(2)64)32(57-49(51)52)18-36(83-45)47(71)72)7-11-80-31-22-61(23-31)40(70)27-82-44(35(67)25-63)46-42(56-29(3)65)33(58-50(53)54)19-37(84-46)48(73)74/h1,18-19,30-35,41-46,62-63,66-67H,5-17,20-27H2,2-3H3,(H,55,64)(H,56,65)(H,71,72)(H,73,74)(H4,51,52,57)(H4,53,54,58)/t32-,33-,34+,35+,41+,42+,43+,44+,45+,46+/m0/s1. The second kappa shape index (κ2) is 36.0. The Balaban J connectivity index is 1.30. The highest BCUT2D eigenvalue weighted by Crippen LogP contribution is 2.29.